The molecule has 0 unspecified atom stereocenters. The molecule has 9 heavy (non-hydrogen) atoms. The number of rotatable bonds is 1. The first-order chi connectivity index (χ1) is 4.24. The maximum atomic E-state index is 8.74. The minimum absolute atomic E-state index is 0.146. The molecule has 48 valence electrons. The lowest BCUT2D eigenvalue weighted by atomic mass is 10.8. The van der Waals surface area contributed by atoms with E-state index in [4.69, 9.17) is 16.4 Å². The van der Waals surface area contributed by atoms with Gasteiger partial charge < -0.3 is 10.8 Å². The van der Waals surface area contributed by atoms with Crippen LogP contribution < -0.4 is 5.73 Å². The maximum absolute atomic E-state index is 8.74. The highest BCUT2D eigenvalue weighted by atomic mass is 32.1. The van der Waals surface area contributed by atoms with E-state index in [1.165, 1.54) is 0 Å². The standard InChI is InChI=1S/C3H4N4OS/c4-3-6-1(8)2(7-5)9-3/h5,8H,(H2,4,6). The lowest BCUT2D eigenvalue weighted by Crippen LogP contribution is -1.78. The minimum Gasteiger partial charge on any atom is -0.491 e. The third kappa shape index (κ3) is 0.968. The highest BCUT2D eigenvalue weighted by Crippen LogP contribution is 2.33. The SMILES string of the molecule is N=Nc1sc(N)nc1O. The van der Waals surface area contributed by atoms with Gasteiger partial charge in [-0.15, -0.1) is 5.11 Å². The van der Waals surface area contributed by atoms with Gasteiger partial charge in [-0.25, -0.2) is 5.53 Å². The number of nitrogens with two attached hydrogens (primary N) is 1. The molecule has 0 aliphatic rings. The van der Waals surface area contributed by atoms with Crippen LogP contribution >= 0.6 is 11.3 Å². The van der Waals surface area contributed by atoms with Crippen molar-refractivity contribution in [1.29, 1.82) is 5.53 Å². The summed E-state index contributed by atoms with van der Waals surface area (Å²) in [5.74, 6) is -0.271. The quantitative estimate of drug-likeness (QED) is 0.515. The van der Waals surface area contributed by atoms with Crippen molar-refractivity contribution in [2.45, 2.75) is 0 Å². The van der Waals surface area contributed by atoms with Crippen molar-refractivity contribution in [3.05, 3.63) is 0 Å². The Labute approximate surface area is 54.7 Å². The molecule has 0 spiro atoms. The molecule has 1 aromatic rings. The van der Waals surface area contributed by atoms with E-state index in [-0.39, 0.29) is 16.0 Å². The topological polar surface area (TPSA) is 95.4 Å². The predicted octanol–water partition coefficient (Wildman–Crippen LogP) is 1.09. The summed E-state index contributed by atoms with van der Waals surface area (Å²) < 4.78 is 0. The number of hydrogen-bond donors (Lipinski definition) is 3. The molecule has 5 nitrogen and oxygen atoms in total. The largest absolute Gasteiger partial charge is 0.491 e. The van der Waals surface area contributed by atoms with E-state index in [9.17, 15) is 0 Å². The molecule has 0 aliphatic heterocycles. The second-order valence-electron chi connectivity index (χ2n) is 1.29. The van der Waals surface area contributed by atoms with Crippen molar-refractivity contribution < 1.29 is 5.11 Å². The van der Waals surface area contributed by atoms with Crippen molar-refractivity contribution in [3.63, 3.8) is 0 Å². The molecule has 0 saturated carbocycles. The van der Waals surface area contributed by atoms with Gasteiger partial charge in [0.2, 0.25) is 5.00 Å². The van der Waals surface area contributed by atoms with Crippen LogP contribution in [-0.2, 0) is 0 Å². The highest BCUT2D eigenvalue weighted by molar-refractivity contribution is 7.19. The molecule has 0 aliphatic carbocycles. The molecular formula is C3H4N4OS. The number of nitrogens with zero attached hydrogens (tertiary/aromatic N) is 2. The molecule has 0 bridgehead atoms. The van der Waals surface area contributed by atoms with E-state index in [2.05, 4.69) is 10.1 Å². The first-order valence-corrected chi connectivity index (χ1v) is 2.88. The number of anilines is 1. The van der Waals surface area contributed by atoms with Gasteiger partial charge in [-0.2, -0.15) is 4.98 Å². The molecule has 4 N–H and O–H groups in total. The van der Waals surface area contributed by atoms with Crippen LogP contribution in [0.5, 0.6) is 5.88 Å². The molecule has 0 aromatic carbocycles. The Morgan fingerprint density at radius 3 is 2.67 bits per heavy atom. The van der Waals surface area contributed by atoms with E-state index in [0.29, 0.717) is 0 Å². The summed E-state index contributed by atoms with van der Waals surface area (Å²) in [6, 6.07) is 0. The third-order valence-corrected chi connectivity index (χ3v) is 1.48. The molecule has 0 amide bonds. The number of nitrogens with one attached hydrogen (secondary N) is 1. The van der Waals surface area contributed by atoms with Crippen molar-refractivity contribution in [1.82, 2.24) is 4.98 Å². The zero-order valence-electron chi connectivity index (χ0n) is 4.33. The number of thiazole rings is 1. The van der Waals surface area contributed by atoms with Gasteiger partial charge in [-0.05, 0) is 0 Å². The van der Waals surface area contributed by atoms with Crippen molar-refractivity contribution >= 4 is 21.5 Å². The van der Waals surface area contributed by atoms with E-state index in [1.54, 1.807) is 0 Å². The fourth-order valence-electron chi connectivity index (χ4n) is 0.393. The number of aromatic nitrogens is 1. The molecule has 1 rings (SSSR count). The Bertz CT molecular complexity index is 232. The van der Waals surface area contributed by atoms with Gasteiger partial charge in [0.25, 0.3) is 5.88 Å². The molecule has 1 heterocycles. The number of aromatic hydroxyl groups is 1. The summed E-state index contributed by atoms with van der Waals surface area (Å²) in [7, 11) is 0. The summed E-state index contributed by atoms with van der Waals surface area (Å²) in [4.78, 5) is 3.42. The number of hydrogen-bond acceptors (Lipinski definition) is 6. The van der Waals surface area contributed by atoms with Crippen molar-refractivity contribution in [2.24, 2.45) is 5.11 Å². The smallest absolute Gasteiger partial charge is 0.252 e. The summed E-state index contributed by atoms with van der Waals surface area (Å²) >= 11 is 0.977. The van der Waals surface area contributed by atoms with Crippen LogP contribution in [0.15, 0.2) is 5.11 Å². The molecular weight excluding hydrogens is 140 g/mol. The van der Waals surface area contributed by atoms with Gasteiger partial charge in [0.1, 0.15) is 0 Å². The van der Waals surface area contributed by atoms with Crippen LogP contribution in [0.1, 0.15) is 0 Å². The minimum atomic E-state index is -0.271. The molecule has 0 fully saturated rings. The van der Waals surface area contributed by atoms with Crippen LogP contribution in [0.25, 0.3) is 0 Å². The van der Waals surface area contributed by atoms with E-state index >= 15 is 0 Å². The average Bonchev–Trinajstić information content (AvgIpc) is 2.10. The Kier molecular flexibility index (Phi) is 1.31. The first kappa shape index (κ1) is 5.96. The molecule has 6 heteroatoms. The van der Waals surface area contributed by atoms with Gasteiger partial charge in [-0.3, -0.25) is 0 Å². The van der Waals surface area contributed by atoms with Gasteiger partial charge in [0, 0.05) is 0 Å². The van der Waals surface area contributed by atoms with Gasteiger partial charge in [0.15, 0.2) is 5.13 Å². The normalized spacial score (nSPS) is 9.33. The average molecular weight is 144 g/mol. The molecule has 0 atom stereocenters. The Hall–Kier alpha value is -1.17. The lowest BCUT2D eigenvalue weighted by molar-refractivity contribution is 0.459. The first-order valence-electron chi connectivity index (χ1n) is 2.06. The van der Waals surface area contributed by atoms with Crippen LogP contribution in [0, 0.1) is 5.53 Å². The van der Waals surface area contributed by atoms with Crippen LogP contribution in [0.3, 0.4) is 0 Å². The van der Waals surface area contributed by atoms with E-state index in [0.717, 1.165) is 11.3 Å². The maximum Gasteiger partial charge on any atom is 0.252 e. The molecule has 1 aromatic heterocycles. The van der Waals surface area contributed by atoms with Crippen molar-refractivity contribution in [3.8, 4) is 5.88 Å². The van der Waals surface area contributed by atoms with Crippen LogP contribution in [0.2, 0.25) is 0 Å². The van der Waals surface area contributed by atoms with Crippen molar-refractivity contribution in [2.75, 3.05) is 5.73 Å². The molecule has 0 saturated heterocycles. The Balaban J connectivity index is 3.15. The second-order valence-corrected chi connectivity index (χ2v) is 2.30. The fourth-order valence-corrected chi connectivity index (χ4v) is 0.905. The second kappa shape index (κ2) is 1.98. The third-order valence-electron chi connectivity index (χ3n) is 0.710. The van der Waals surface area contributed by atoms with E-state index in [1.807, 2.05) is 0 Å². The van der Waals surface area contributed by atoms with Gasteiger partial charge in [-0.1, -0.05) is 11.3 Å². The summed E-state index contributed by atoms with van der Waals surface area (Å²) in [6.07, 6.45) is 0. The Morgan fingerprint density at radius 1 is 1.78 bits per heavy atom. The lowest BCUT2D eigenvalue weighted by Gasteiger charge is -1.77. The molecule has 0 radical (unpaired) electrons. The van der Waals surface area contributed by atoms with Crippen LogP contribution in [-0.4, -0.2) is 10.1 Å². The van der Waals surface area contributed by atoms with Crippen LogP contribution in [0.4, 0.5) is 10.1 Å². The predicted molar refractivity (Wildman–Crippen MR) is 33.0 cm³/mol. The zero-order chi connectivity index (χ0) is 6.85. The van der Waals surface area contributed by atoms with Gasteiger partial charge >= 0.3 is 0 Å². The summed E-state index contributed by atoms with van der Waals surface area (Å²) in [5, 5.41) is 12.1. The monoisotopic (exact) mass is 144 g/mol. The summed E-state index contributed by atoms with van der Waals surface area (Å²) in [6.45, 7) is 0. The number of nitrogen functional groups attached to an aromatic ring is 1. The fraction of sp³-hybridized carbons (Fsp3) is 0. The summed E-state index contributed by atoms with van der Waals surface area (Å²) in [5.41, 5.74) is 11.6. The van der Waals surface area contributed by atoms with E-state index < -0.39 is 0 Å². The highest BCUT2D eigenvalue weighted by Gasteiger charge is 2.04. The van der Waals surface area contributed by atoms with Gasteiger partial charge in [0.05, 0.1) is 0 Å². The zero-order valence-corrected chi connectivity index (χ0v) is 5.14. The Morgan fingerprint density at radius 2 is 2.44 bits per heavy atom.